The predicted octanol–water partition coefficient (Wildman–Crippen LogP) is -3.32. The summed E-state index contributed by atoms with van der Waals surface area (Å²) in [4.78, 5) is 21.8. The van der Waals surface area contributed by atoms with Crippen LogP contribution in [0.3, 0.4) is 0 Å². The van der Waals surface area contributed by atoms with Gasteiger partial charge in [-0.1, -0.05) is 0 Å². The second-order valence-electron chi connectivity index (χ2n) is 7.16. The number of carboxylic acids is 2. The van der Waals surface area contributed by atoms with Crippen LogP contribution >= 0.6 is 0 Å². The van der Waals surface area contributed by atoms with Crippen LogP contribution in [0.15, 0.2) is 0 Å². The number of carboxylic acid groups (broad SMARTS) is 2. The van der Waals surface area contributed by atoms with E-state index in [9.17, 15) is 24.9 Å². The van der Waals surface area contributed by atoms with Gasteiger partial charge in [0.2, 0.25) is 0 Å². The molecule has 8 atom stereocenters. The number of hydrogen-bond donors (Lipinski definition) is 7. The van der Waals surface area contributed by atoms with Crippen molar-refractivity contribution in [3.05, 3.63) is 0 Å². The van der Waals surface area contributed by atoms with Crippen molar-refractivity contribution >= 4 is 11.9 Å². The smallest absolute Gasteiger partial charge is 0.317 e. The number of aliphatic hydroxyl groups is 3. The Kier molecular flexibility index (Phi) is 9.80. The quantitative estimate of drug-likeness (QED) is 0.169. The molecule has 0 spiro atoms. The van der Waals surface area contributed by atoms with Gasteiger partial charge in [0.05, 0.1) is 50.6 Å². The standard InChI is InChI=1S/C17H30N2O11/c1-27-10-3-9(19-5-15(24)25)17(30-12(10)6-20)29-11-2-8(18-4-14(22)23)16(26)28-13(11)7-21/h8-13,16-21,26H,2-7H2,1H3,(H,22,23)(H,24,25)/t8-,9-,10+,11+,12-,13-,16-,17-/m1/s1. The molecule has 0 amide bonds. The Hall–Kier alpha value is -1.42. The van der Waals surface area contributed by atoms with Crippen LogP contribution in [0, 0.1) is 0 Å². The number of nitrogens with one attached hydrogen (secondary N) is 2. The molecule has 0 aliphatic carbocycles. The zero-order valence-corrected chi connectivity index (χ0v) is 16.5. The maximum Gasteiger partial charge on any atom is 0.317 e. The first-order valence-corrected chi connectivity index (χ1v) is 9.58. The molecule has 0 unspecified atom stereocenters. The lowest BCUT2D eigenvalue weighted by atomic mass is 9.98. The summed E-state index contributed by atoms with van der Waals surface area (Å²) in [7, 11) is 1.45. The second-order valence-corrected chi connectivity index (χ2v) is 7.16. The summed E-state index contributed by atoms with van der Waals surface area (Å²) in [6.07, 6.45) is -4.90. The highest BCUT2D eigenvalue weighted by Crippen LogP contribution is 2.28. The molecule has 13 heteroatoms. The van der Waals surface area contributed by atoms with E-state index in [-0.39, 0.29) is 19.6 Å². The van der Waals surface area contributed by atoms with Crippen molar-refractivity contribution in [2.75, 3.05) is 33.4 Å². The molecule has 0 bridgehead atoms. The number of rotatable bonds is 11. The fraction of sp³-hybridized carbons (Fsp3) is 0.882. The number of aliphatic carboxylic acids is 2. The Balaban J connectivity index is 2.11. The molecule has 2 aliphatic rings. The van der Waals surface area contributed by atoms with Crippen molar-refractivity contribution in [1.82, 2.24) is 10.6 Å². The van der Waals surface area contributed by atoms with Crippen molar-refractivity contribution in [2.24, 2.45) is 0 Å². The second kappa shape index (κ2) is 11.8. The fourth-order valence-corrected chi connectivity index (χ4v) is 3.56. The highest BCUT2D eigenvalue weighted by molar-refractivity contribution is 5.69. The van der Waals surface area contributed by atoms with Crippen LogP contribution in [-0.4, -0.2) is 120 Å². The van der Waals surface area contributed by atoms with Crippen LogP contribution in [0.1, 0.15) is 12.8 Å². The Morgan fingerprint density at radius 2 is 1.47 bits per heavy atom. The van der Waals surface area contributed by atoms with Gasteiger partial charge in [0, 0.05) is 7.11 Å². The molecule has 30 heavy (non-hydrogen) atoms. The van der Waals surface area contributed by atoms with Gasteiger partial charge in [-0.3, -0.25) is 20.2 Å². The minimum atomic E-state index is -1.35. The summed E-state index contributed by atoms with van der Waals surface area (Å²) >= 11 is 0. The summed E-state index contributed by atoms with van der Waals surface area (Å²) in [5.74, 6) is -2.20. The Morgan fingerprint density at radius 3 is 2.00 bits per heavy atom. The van der Waals surface area contributed by atoms with Crippen molar-refractivity contribution in [2.45, 2.75) is 61.9 Å². The van der Waals surface area contributed by atoms with E-state index < -0.39 is 74.2 Å². The highest BCUT2D eigenvalue weighted by Gasteiger charge is 2.44. The zero-order chi connectivity index (χ0) is 22.3. The largest absolute Gasteiger partial charge is 0.480 e. The molecular formula is C17H30N2O11. The molecule has 0 radical (unpaired) electrons. The van der Waals surface area contributed by atoms with Gasteiger partial charge in [0.15, 0.2) is 12.6 Å². The SMILES string of the molecule is CO[C@H]1C[C@@H](NCC(=O)O)[C@H](O[C@H]2C[C@@H](NCC(=O)O)[C@H](O)O[C@@H]2CO)O[C@@H]1CO. The molecule has 0 aromatic heterocycles. The van der Waals surface area contributed by atoms with Crippen molar-refractivity contribution in [3.8, 4) is 0 Å². The summed E-state index contributed by atoms with van der Waals surface area (Å²) in [6.45, 7) is -1.60. The number of methoxy groups -OCH3 is 1. The number of ether oxygens (including phenoxy) is 4. The molecule has 0 aromatic rings. The highest BCUT2D eigenvalue weighted by atomic mass is 16.7. The normalized spacial score (nSPS) is 37.1. The third-order valence-electron chi connectivity index (χ3n) is 5.10. The molecule has 0 saturated carbocycles. The monoisotopic (exact) mass is 438 g/mol. The lowest BCUT2D eigenvalue weighted by Crippen LogP contribution is -2.60. The number of hydrogen-bond acceptors (Lipinski definition) is 11. The van der Waals surface area contributed by atoms with Crippen LogP contribution in [0.4, 0.5) is 0 Å². The van der Waals surface area contributed by atoms with E-state index in [2.05, 4.69) is 10.6 Å². The fourth-order valence-electron chi connectivity index (χ4n) is 3.56. The van der Waals surface area contributed by atoms with Crippen LogP contribution in [0.2, 0.25) is 0 Å². The summed E-state index contributed by atoms with van der Waals surface area (Å²) in [6, 6.07) is -1.38. The van der Waals surface area contributed by atoms with Gasteiger partial charge in [-0.2, -0.15) is 0 Å². The average molecular weight is 438 g/mol. The van der Waals surface area contributed by atoms with Crippen LogP contribution in [0.25, 0.3) is 0 Å². The van der Waals surface area contributed by atoms with Gasteiger partial charge in [-0.15, -0.1) is 0 Å². The lowest BCUT2D eigenvalue weighted by Gasteiger charge is -2.44. The maximum atomic E-state index is 11.0. The van der Waals surface area contributed by atoms with Crippen LogP contribution in [0.5, 0.6) is 0 Å². The Labute approximate surface area is 172 Å². The van der Waals surface area contributed by atoms with Gasteiger partial charge in [-0.05, 0) is 12.8 Å². The number of carbonyl (C=O) groups is 2. The molecule has 7 N–H and O–H groups in total. The van der Waals surface area contributed by atoms with Crippen molar-refractivity contribution in [3.63, 3.8) is 0 Å². The summed E-state index contributed by atoms with van der Waals surface area (Å²) < 4.78 is 22.4. The van der Waals surface area contributed by atoms with Gasteiger partial charge >= 0.3 is 11.9 Å². The zero-order valence-electron chi connectivity index (χ0n) is 16.5. The van der Waals surface area contributed by atoms with E-state index in [0.717, 1.165) is 0 Å². The minimum Gasteiger partial charge on any atom is -0.480 e. The van der Waals surface area contributed by atoms with E-state index in [0.29, 0.717) is 6.42 Å². The van der Waals surface area contributed by atoms with Crippen LogP contribution < -0.4 is 10.6 Å². The Bertz CT molecular complexity index is 566. The maximum absolute atomic E-state index is 11.0. The molecule has 2 heterocycles. The van der Waals surface area contributed by atoms with Gasteiger partial charge in [0.1, 0.15) is 12.2 Å². The third-order valence-corrected chi connectivity index (χ3v) is 5.10. The van der Waals surface area contributed by atoms with Crippen molar-refractivity contribution < 1.29 is 54.1 Å². The Morgan fingerprint density at radius 1 is 0.933 bits per heavy atom. The summed E-state index contributed by atoms with van der Waals surface area (Å²) in [5.41, 5.74) is 0. The molecular weight excluding hydrogens is 408 g/mol. The first-order valence-electron chi connectivity index (χ1n) is 9.58. The van der Waals surface area contributed by atoms with E-state index in [1.165, 1.54) is 7.11 Å². The van der Waals surface area contributed by atoms with Crippen LogP contribution in [-0.2, 0) is 28.5 Å². The van der Waals surface area contributed by atoms with Crippen molar-refractivity contribution in [1.29, 1.82) is 0 Å². The molecule has 174 valence electrons. The molecule has 2 saturated heterocycles. The van der Waals surface area contributed by atoms with Gasteiger partial charge < -0.3 is 44.5 Å². The topological polar surface area (TPSA) is 196 Å². The first kappa shape index (κ1) is 24.8. The van der Waals surface area contributed by atoms with E-state index in [1.54, 1.807) is 0 Å². The minimum absolute atomic E-state index is 0.0999. The molecule has 2 aliphatic heterocycles. The first-order chi connectivity index (χ1) is 14.3. The average Bonchev–Trinajstić information content (AvgIpc) is 2.71. The summed E-state index contributed by atoms with van der Waals surface area (Å²) in [5, 5.41) is 52.5. The molecule has 2 rings (SSSR count). The van der Waals surface area contributed by atoms with Gasteiger partial charge in [0.25, 0.3) is 0 Å². The molecule has 13 nitrogen and oxygen atoms in total. The lowest BCUT2D eigenvalue weighted by molar-refractivity contribution is -0.299. The third kappa shape index (κ3) is 6.80. The number of aliphatic hydroxyl groups excluding tert-OH is 3. The molecule has 0 aromatic carbocycles. The predicted molar refractivity (Wildman–Crippen MR) is 97.5 cm³/mol. The van der Waals surface area contributed by atoms with Gasteiger partial charge in [-0.25, -0.2) is 0 Å². The van der Waals surface area contributed by atoms with E-state index in [4.69, 9.17) is 29.2 Å². The van der Waals surface area contributed by atoms with E-state index in [1.807, 2.05) is 0 Å². The molecule has 2 fully saturated rings. The van der Waals surface area contributed by atoms with E-state index >= 15 is 0 Å².